The molecule has 0 N–H and O–H groups in total. The molecule has 124 valence electrons. The van der Waals surface area contributed by atoms with E-state index in [9.17, 15) is 0 Å². The van der Waals surface area contributed by atoms with Gasteiger partial charge in [-0.25, -0.2) is 18.7 Å². The molecule has 0 spiro atoms. The quantitative estimate of drug-likeness (QED) is 0.432. The van der Waals surface area contributed by atoms with E-state index in [-0.39, 0.29) is 0 Å². The van der Waals surface area contributed by atoms with E-state index < -0.39 is 0 Å². The van der Waals surface area contributed by atoms with E-state index >= 15 is 0 Å². The third-order valence-corrected chi connectivity index (χ3v) is 5.32. The molecule has 1 aromatic carbocycles. The summed E-state index contributed by atoms with van der Waals surface area (Å²) in [5.41, 5.74) is 7.07. The molecular formula is C21H16N5+. The van der Waals surface area contributed by atoms with E-state index in [1.165, 1.54) is 33.5 Å². The first kappa shape index (κ1) is 13.8. The largest absolute Gasteiger partial charge is 0.271 e. The van der Waals surface area contributed by atoms with Crippen LogP contribution in [0, 0.1) is 0 Å². The zero-order valence-corrected chi connectivity index (χ0v) is 14.3. The summed E-state index contributed by atoms with van der Waals surface area (Å²) in [6.45, 7) is 0.832. The Morgan fingerprint density at radius 1 is 1.00 bits per heavy atom. The molecule has 26 heavy (non-hydrogen) atoms. The van der Waals surface area contributed by atoms with Crippen molar-refractivity contribution < 1.29 is 4.57 Å². The second-order valence-electron chi connectivity index (χ2n) is 6.72. The SMILES string of the molecule is Cn1c2ncccc2c2c1[n+]1c(n2-c2ccccc2)-c2ccncc2C1. The van der Waals surface area contributed by atoms with E-state index in [2.05, 4.69) is 73.2 Å². The second kappa shape index (κ2) is 4.79. The smallest absolute Gasteiger partial charge is 0.264 e. The molecule has 0 atom stereocenters. The number of fused-ring (bicyclic) bond motifs is 7. The monoisotopic (exact) mass is 338 g/mol. The zero-order chi connectivity index (χ0) is 17.3. The molecule has 0 amide bonds. The van der Waals surface area contributed by atoms with Gasteiger partial charge in [-0.3, -0.25) is 4.98 Å². The fraction of sp³-hybridized carbons (Fsp3) is 0.0952. The number of aryl methyl sites for hydroxylation is 1. The lowest BCUT2D eigenvalue weighted by molar-refractivity contribution is -0.648. The molecule has 0 aliphatic carbocycles. The summed E-state index contributed by atoms with van der Waals surface area (Å²) in [4.78, 5) is 8.95. The molecule has 1 aliphatic rings. The summed E-state index contributed by atoms with van der Waals surface area (Å²) in [6.07, 6.45) is 5.71. The van der Waals surface area contributed by atoms with Crippen LogP contribution in [0.15, 0.2) is 67.1 Å². The molecule has 5 nitrogen and oxygen atoms in total. The van der Waals surface area contributed by atoms with Crippen molar-refractivity contribution in [3.8, 4) is 17.1 Å². The van der Waals surface area contributed by atoms with Gasteiger partial charge in [0, 0.05) is 24.2 Å². The number of hydrogen-bond acceptors (Lipinski definition) is 2. The van der Waals surface area contributed by atoms with Gasteiger partial charge in [0.05, 0.1) is 24.5 Å². The molecule has 5 heterocycles. The van der Waals surface area contributed by atoms with Gasteiger partial charge in [-0.1, -0.05) is 18.2 Å². The lowest BCUT2D eigenvalue weighted by atomic mass is 10.1. The summed E-state index contributed by atoms with van der Waals surface area (Å²) < 4.78 is 6.95. The van der Waals surface area contributed by atoms with Crippen LogP contribution >= 0.6 is 0 Å². The van der Waals surface area contributed by atoms with Gasteiger partial charge in [0.1, 0.15) is 5.69 Å². The highest BCUT2D eigenvalue weighted by molar-refractivity contribution is 6.04. The number of nitrogens with zero attached hydrogens (tertiary/aromatic N) is 5. The molecule has 5 aromatic rings. The van der Waals surface area contributed by atoms with Crippen molar-refractivity contribution in [1.82, 2.24) is 19.1 Å². The van der Waals surface area contributed by atoms with E-state index in [0.717, 1.165) is 17.9 Å². The third kappa shape index (κ3) is 1.57. The first-order valence-corrected chi connectivity index (χ1v) is 8.71. The van der Waals surface area contributed by atoms with Crippen LogP contribution in [0.25, 0.3) is 39.3 Å². The number of benzene rings is 1. The third-order valence-electron chi connectivity index (χ3n) is 5.32. The van der Waals surface area contributed by atoms with Crippen molar-refractivity contribution in [2.45, 2.75) is 6.54 Å². The Morgan fingerprint density at radius 3 is 2.77 bits per heavy atom. The normalized spacial score (nSPS) is 12.7. The number of imidazole rings is 1. The topological polar surface area (TPSA) is 39.5 Å². The van der Waals surface area contributed by atoms with Crippen molar-refractivity contribution in [1.29, 1.82) is 0 Å². The van der Waals surface area contributed by atoms with Gasteiger partial charge < -0.3 is 0 Å². The number of hydrogen-bond donors (Lipinski definition) is 0. The van der Waals surface area contributed by atoms with Crippen LogP contribution < -0.4 is 4.57 Å². The highest BCUT2D eigenvalue weighted by Gasteiger charge is 2.36. The average molecular weight is 338 g/mol. The van der Waals surface area contributed by atoms with Gasteiger partial charge >= 0.3 is 0 Å². The molecule has 0 fully saturated rings. The Morgan fingerprint density at radius 2 is 1.88 bits per heavy atom. The van der Waals surface area contributed by atoms with Crippen LogP contribution in [-0.2, 0) is 13.6 Å². The van der Waals surface area contributed by atoms with Gasteiger partial charge in [0.15, 0.2) is 5.52 Å². The lowest BCUT2D eigenvalue weighted by Gasteiger charge is -2.04. The molecule has 0 saturated heterocycles. The van der Waals surface area contributed by atoms with Crippen LogP contribution in [-0.4, -0.2) is 19.1 Å². The fourth-order valence-corrected chi connectivity index (χ4v) is 4.27. The van der Waals surface area contributed by atoms with E-state index in [0.29, 0.717) is 0 Å². The van der Waals surface area contributed by atoms with Gasteiger partial charge in [-0.2, -0.15) is 0 Å². The summed E-state index contributed by atoms with van der Waals surface area (Å²) in [5.74, 6) is 1.21. The predicted octanol–water partition coefficient (Wildman–Crippen LogP) is 3.23. The van der Waals surface area contributed by atoms with Gasteiger partial charge in [-0.15, -0.1) is 0 Å². The Hall–Kier alpha value is -3.47. The number of rotatable bonds is 1. The molecule has 5 heteroatoms. The summed E-state index contributed by atoms with van der Waals surface area (Å²) >= 11 is 0. The van der Waals surface area contributed by atoms with Crippen LogP contribution in [0.4, 0.5) is 0 Å². The van der Waals surface area contributed by atoms with E-state index in [4.69, 9.17) is 0 Å². The van der Waals surface area contributed by atoms with Crippen molar-refractivity contribution in [3.05, 3.63) is 72.7 Å². The van der Waals surface area contributed by atoms with Crippen molar-refractivity contribution >= 4 is 22.2 Å². The molecule has 0 unspecified atom stereocenters. The molecule has 0 radical (unpaired) electrons. The Kier molecular flexibility index (Phi) is 2.54. The van der Waals surface area contributed by atoms with Crippen molar-refractivity contribution in [2.24, 2.45) is 7.05 Å². The van der Waals surface area contributed by atoms with E-state index in [1.807, 2.05) is 24.7 Å². The van der Waals surface area contributed by atoms with Gasteiger partial charge in [-0.05, 0) is 30.3 Å². The minimum Gasteiger partial charge on any atom is -0.264 e. The molecule has 1 aliphatic heterocycles. The molecular weight excluding hydrogens is 322 g/mol. The Labute approximate surface area is 149 Å². The molecule has 0 saturated carbocycles. The maximum absolute atomic E-state index is 4.62. The number of pyridine rings is 2. The van der Waals surface area contributed by atoms with Gasteiger partial charge in [0.25, 0.3) is 5.65 Å². The maximum Gasteiger partial charge on any atom is 0.271 e. The minimum absolute atomic E-state index is 0.832. The van der Waals surface area contributed by atoms with E-state index in [1.54, 1.807) is 0 Å². The summed E-state index contributed by atoms with van der Waals surface area (Å²) in [5, 5.41) is 1.17. The van der Waals surface area contributed by atoms with Gasteiger partial charge in [0.2, 0.25) is 11.5 Å². The molecule has 6 rings (SSSR count). The average Bonchev–Trinajstić information content (AvgIpc) is 3.31. The standard InChI is InChI=1S/C21H16N5/c1-24-19-17(8-5-10-23-19)18-21(24)25-13-14-12-22-11-9-16(14)20(25)26(18)15-6-3-2-4-7-15/h2-12H,13H2,1H3/q+1. The Balaban J connectivity index is 1.87. The first-order valence-electron chi connectivity index (χ1n) is 8.71. The minimum atomic E-state index is 0.832. The summed E-state index contributed by atoms with van der Waals surface area (Å²) in [6, 6.07) is 16.8. The van der Waals surface area contributed by atoms with Crippen molar-refractivity contribution in [3.63, 3.8) is 0 Å². The second-order valence-corrected chi connectivity index (χ2v) is 6.72. The van der Waals surface area contributed by atoms with Crippen LogP contribution in [0.5, 0.6) is 0 Å². The number of para-hydroxylation sites is 1. The summed E-state index contributed by atoms with van der Waals surface area (Å²) in [7, 11) is 2.10. The maximum atomic E-state index is 4.62. The first-order chi connectivity index (χ1) is 12.8. The molecule has 0 bridgehead atoms. The highest BCUT2D eigenvalue weighted by Crippen LogP contribution is 2.36. The lowest BCUT2D eigenvalue weighted by Crippen LogP contribution is -2.33. The van der Waals surface area contributed by atoms with Crippen LogP contribution in [0.2, 0.25) is 0 Å². The number of aromatic nitrogens is 5. The predicted molar refractivity (Wildman–Crippen MR) is 100 cm³/mol. The molecule has 4 aromatic heterocycles. The van der Waals surface area contributed by atoms with Crippen molar-refractivity contribution in [2.75, 3.05) is 0 Å². The zero-order valence-electron chi connectivity index (χ0n) is 14.3. The fourth-order valence-electron chi connectivity index (χ4n) is 4.27. The van der Waals surface area contributed by atoms with Crippen LogP contribution in [0.1, 0.15) is 5.56 Å². The Bertz CT molecular complexity index is 1310. The highest BCUT2D eigenvalue weighted by atomic mass is 15.3. The van der Waals surface area contributed by atoms with Crippen LogP contribution in [0.3, 0.4) is 0 Å².